The molecular weight excluding hydrogens is 204 g/mol. The Morgan fingerprint density at radius 3 is 3.12 bits per heavy atom. The van der Waals surface area contributed by atoms with E-state index in [-0.39, 0.29) is 6.09 Å². The van der Waals surface area contributed by atoms with Crippen LogP contribution >= 0.6 is 0 Å². The SMILES string of the molecule is CCOC(=O)N1CCc2c(N)cccc2C1. The van der Waals surface area contributed by atoms with Crippen LogP contribution in [0.15, 0.2) is 18.2 Å². The largest absolute Gasteiger partial charge is 0.450 e. The second kappa shape index (κ2) is 4.43. The number of nitrogens with two attached hydrogens (primary N) is 1. The molecule has 0 unspecified atom stereocenters. The van der Waals surface area contributed by atoms with Crippen molar-refractivity contribution >= 4 is 11.8 Å². The number of benzene rings is 1. The fourth-order valence-electron chi connectivity index (χ4n) is 2.01. The molecule has 86 valence electrons. The molecule has 16 heavy (non-hydrogen) atoms. The van der Waals surface area contributed by atoms with Gasteiger partial charge < -0.3 is 15.4 Å². The van der Waals surface area contributed by atoms with Gasteiger partial charge in [-0.25, -0.2) is 4.79 Å². The van der Waals surface area contributed by atoms with Gasteiger partial charge in [-0.3, -0.25) is 0 Å². The lowest BCUT2D eigenvalue weighted by Gasteiger charge is -2.28. The number of amides is 1. The lowest BCUT2D eigenvalue weighted by molar-refractivity contribution is 0.103. The van der Waals surface area contributed by atoms with Gasteiger partial charge in [-0.15, -0.1) is 0 Å². The molecular formula is C12H16N2O2. The molecule has 1 aliphatic heterocycles. The van der Waals surface area contributed by atoms with Crippen molar-refractivity contribution in [1.82, 2.24) is 4.90 Å². The first-order valence-corrected chi connectivity index (χ1v) is 5.50. The Morgan fingerprint density at radius 2 is 2.38 bits per heavy atom. The molecule has 4 nitrogen and oxygen atoms in total. The second-order valence-electron chi connectivity index (χ2n) is 3.86. The Kier molecular flexibility index (Phi) is 2.99. The highest BCUT2D eigenvalue weighted by Gasteiger charge is 2.22. The van der Waals surface area contributed by atoms with Crippen LogP contribution in [0, 0.1) is 0 Å². The molecule has 0 aromatic heterocycles. The number of rotatable bonds is 1. The van der Waals surface area contributed by atoms with E-state index in [1.807, 2.05) is 25.1 Å². The predicted octanol–water partition coefficient (Wildman–Crippen LogP) is 1.78. The average molecular weight is 220 g/mol. The van der Waals surface area contributed by atoms with Crippen molar-refractivity contribution in [3.63, 3.8) is 0 Å². The maximum absolute atomic E-state index is 11.6. The van der Waals surface area contributed by atoms with Crippen molar-refractivity contribution in [2.75, 3.05) is 18.9 Å². The van der Waals surface area contributed by atoms with Crippen molar-refractivity contribution in [2.45, 2.75) is 19.9 Å². The molecule has 2 N–H and O–H groups in total. The number of carbonyl (C=O) groups is 1. The number of carbonyl (C=O) groups excluding carboxylic acids is 1. The fraction of sp³-hybridized carbons (Fsp3) is 0.417. The van der Waals surface area contributed by atoms with Crippen LogP contribution in [0.4, 0.5) is 10.5 Å². The van der Waals surface area contributed by atoms with Crippen LogP contribution in [0.3, 0.4) is 0 Å². The Hall–Kier alpha value is -1.71. The summed E-state index contributed by atoms with van der Waals surface area (Å²) in [5, 5.41) is 0. The molecule has 1 heterocycles. The van der Waals surface area contributed by atoms with Gasteiger partial charge in [0.2, 0.25) is 0 Å². The molecule has 0 spiro atoms. The Bertz CT molecular complexity index is 404. The molecule has 1 aromatic carbocycles. The van der Waals surface area contributed by atoms with Gasteiger partial charge in [-0.05, 0) is 30.5 Å². The van der Waals surface area contributed by atoms with Gasteiger partial charge in [0.05, 0.1) is 6.61 Å². The quantitative estimate of drug-likeness (QED) is 0.734. The fourth-order valence-corrected chi connectivity index (χ4v) is 2.01. The zero-order valence-electron chi connectivity index (χ0n) is 9.40. The molecule has 0 atom stereocenters. The smallest absolute Gasteiger partial charge is 0.410 e. The molecule has 0 saturated heterocycles. The van der Waals surface area contributed by atoms with Crippen LogP contribution in [0.2, 0.25) is 0 Å². The summed E-state index contributed by atoms with van der Waals surface area (Å²) in [5.41, 5.74) is 9.00. The van der Waals surface area contributed by atoms with E-state index in [0.717, 1.165) is 17.7 Å². The van der Waals surface area contributed by atoms with Gasteiger partial charge in [0.25, 0.3) is 0 Å². The third kappa shape index (κ3) is 1.96. The minimum atomic E-state index is -0.240. The molecule has 1 aromatic rings. The van der Waals surface area contributed by atoms with Crippen molar-refractivity contribution in [2.24, 2.45) is 0 Å². The van der Waals surface area contributed by atoms with E-state index in [1.54, 1.807) is 4.90 Å². The minimum absolute atomic E-state index is 0.240. The molecule has 0 bridgehead atoms. The van der Waals surface area contributed by atoms with Crippen LogP contribution in [-0.4, -0.2) is 24.1 Å². The van der Waals surface area contributed by atoms with E-state index in [4.69, 9.17) is 10.5 Å². The van der Waals surface area contributed by atoms with E-state index in [9.17, 15) is 4.79 Å². The number of ether oxygens (including phenoxy) is 1. The number of fused-ring (bicyclic) bond motifs is 1. The maximum atomic E-state index is 11.6. The van der Waals surface area contributed by atoms with E-state index >= 15 is 0 Å². The van der Waals surface area contributed by atoms with Crippen LogP contribution in [-0.2, 0) is 17.7 Å². The summed E-state index contributed by atoms with van der Waals surface area (Å²) in [7, 11) is 0. The predicted molar refractivity (Wildman–Crippen MR) is 62.0 cm³/mol. The topological polar surface area (TPSA) is 55.6 Å². The summed E-state index contributed by atoms with van der Waals surface area (Å²) < 4.78 is 4.98. The van der Waals surface area contributed by atoms with Crippen LogP contribution in [0.5, 0.6) is 0 Å². The Labute approximate surface area is 95.0 Å². The molecule has 0 saturated carbocycles. The first-order chi connectivity index (χ1) is 7.72. The first-order valence-electron chi connectivity index (χ1n) is 5.50. The summed E-state index contributed by atoms with van der Waals surface area (Å²) in [4.78, 5) is 13.3. The number of hydrogen-bond acceptors (Lipinski definition) is 3. The summed E-state index contributed by atoms with van der Waals surface area (Å²) in [5.74, 6) is 0. The van der Waals surface area contributed by atoms with Crippen LogP contribution in [0.25, 0.3) is 0 Å². The normalized spacial score (nSPS) is 14.4. The lowest BCUT2D eigenvalue weighted by atomic mass is 9.98. The van der Waals surface area contributed by atoms with Crippen LogP contribution in [0.1, 0.15) is 18.1 Å². The summed E-state index contributed by atoms with van der Waals surface area (Å²) in [6.45, 7) is 3.51. The number of nitrogen functional groups attached to an aromatic ring is 1. The van der Waals surface area contributed by atoms with Crippen molar-refractivity contribution < 1.29 is 9.53 Å². The standard InChI is InChI=1S/C12H16N2O2/c1-2-16-12(15)14-7-6-10-9(8-14)4-3-5-11(10)13/h3-5H,2,6-8,13H2,1H3. The molecule has 0 radical (unpaired) electrons. The average Bonchev–Trinajstić information content (AvgIpc) is 2.29. The van der Waals surface area contributed by atoms with Gasteiger partial charge in [-0.1, -0.05) is 12.1 Å². The van der Waals surface area contributed by atoms with Gasteiger partial charge in [0, 0.05) is 18.8 Å². The van der Waals surface area contributed by atoms with E-state index in [0.29, 0.717) is 19.7 Å². The highest BCUT2D eigenvalue weighted by molar-refractivity contribution is 5.68. The number of hydrogen-bond donors (Lipinski definition) is 1. The Morgan fingerprint density at radius 1 is 1.56 bits per heavy atom. The molecule has 1 aliphatic rings. The molecule has 1 amide bonds. The highest BCUT2D eigenvalue weighted by Crippen LogP contribution is 2.24. The van der Waals surface area contributed by atoms with Gasteiger partial charge in [0.15, 0.2) is 0 Å². The number of nitrogens with zero attached hydrogens (tertiary/aromatic N) is 1. The van der Waals surface area contributed by atoms with Gasteiger partial charge in [0.1, 0.15) is 0 Å². The van der Waals surface area contributed by atoms with E-state index < -0.39 is 0 Å². The second-order valence-corrected chi connectivity index (χ2v) is 3.86. The molecule has 0 aliphatic carbocycles. The summed E-state index contributed by atoms with van der Waals surface area (Å²) in [6, 6.07) is 5.83. The highest BCUT2D eigenvalue weighted by atomic mass is 16.6. The van der Waals surface area contributed by atoms with Crippen molar-refractivity contribution in [1.29, 1.82) is 0 Å². The van der Waals surface area contributed by atoms with Gasteiger partial charge >= 0.3 is 6.09 Å². The Balaban J connectivity index is 2.15. The zero-order valence-corrected chi connectivity index (χ0v) is 9.40. The molecule has 2 rings (SSSR count). The van der Waals surface area contributed by atoms with E-state index in [1.165, 1.54) is 5.56 Å². The van der Waals surface area contributed by atoms with Crippen molar-refractivity contribution in [3.05, 3.63) is 29.3 Å². The van der Waals surface area contributed by atoms with Gasteiger partial charge in [-0.2, -0.15) is 0 Å². The third-order valence-electron chi connectivity index (χ3n) is 2.83. The first kappa shape index (κ1) is 10.8. The molecule has 4 heteroatoms. The third-order valence-corrected chi connectivity index (χ3v) is 2.83. The minimum Gasteiger partial charge on any atom is -0.450 e. The molecule has 0 fully saturated rings. The van der Waals surface area contributed by atoms with E-state index in [2.05, 4.69) is 0 Å². The summed E-state index contributed by atoms with van der Waals surface area (Å²) >= 11 is 0. The summed E-state index contributed by atoms with van der Waals surface area (Å²) in [6.07, 6.45) is 0.566. The zero-order chi connectivity index (χ0) is 11.5. The van der Waals surface area contributed by atoms with Crippen molar-refractivity contribution in [3.8, 4) is 0 Å². The van der Waals surface area contributed by atoms with Crippen LogP contribution < -0.4 is 5.73 Å². The number of anilines is 1. The maximum Gasteiger partial charge on any atom is 0.410 e. The lowest BCUT2D eigenvalue weighted by Crippen LogP contribution is -2.36. The monoisotopic (exact) mass is 220 g/mol.